The molecule has 0 saturated carbocycles. The number of pyridine rings is 1. The number of halogens is 2. The molecule has 0 bridgehead atoms. The summed E-state index contributed by atoms with van der Waals surface area (Å²) in [7, 11) is 0. The van der Waals surface area contributed by atoms with Crippen molar-refractivity contribution >= 4 is 28.3 Å². The Morgan fingerprint density at radius 3 is 2.86 bits per heavy atom. The van der Waals surface area contributed by atoms with Crippen molar-refractivity contribution in [3.05, 3.63) is 41.2 Å². The van der Waals surface area contributed by atoms with E-state index >= 15 is 0 Å². The van der Waals surface area contributed by atoms with Gasteiger partial charge >= 0.3 is 0 Å². The highest BCUT2D eigenvalue weighted by Crippen LogP contribution is 2.15. The zero-order valence-electron chi connectivity index (χ0n) is 7.82. The van der Waals surface area contributed by atoms with Gasteiger partial charge in [0, 0.05) is 6.04 Å². The second kappa shape index (κ2) is 6.98. The molecule has 4 heteroatoms. The predicted molar refractivity (Wildman–Crippen MR) is 65.5 cm³/mol. The summed E-state index contributed by atoms with van der Waals surface area (Å²) in [4.78, 5) is 4.28. The summed E-state index contributed by atoms with van der Waals surface area (Å²) in [5, 5.41) is 0. The molecule has 1 aromatic rings. The topological polar surface area (TPSA) is 38.9 Å². The quantitative estimate of drug-likeness (QED) is 0.678. The standard InChI is InChI=1S/C10H13BrN2.ClH/c1-2-3-5-8(12)9-6-4-7-10(11)13-9;/h2,4,6-8H,1,3,5,12H2;1H/t8-;/m1./s1. The van der Waals surface area contributed by atoms with Crippen molar-refractivity contribution in [2.45, 2.75) is 18.9 Å². The van der Waals surface area contributed by atoms with Crippen LogP contribution < -0.4 is 5.73 Å². The van der Waals surface area contributed by atoms with Gasteiger partial charge in [0.2, 0.25) is 0 Å². The van der Waals surface area contributed by atoms with Crippen LogP contribution in [-0.4, -0.2) is 4.98 Å². The van der Waals surface area contributed by atoms with Crippen LogP contribution in [0.2, 0.25) is 0 Å². The van der Waals surface area contributed by atoms with Crippen molar-refractivity contribution < 1.29 is 0 Å². The lowest BCUT2D eigenvalue weighted by Gasteiger charge is -2.09. The van der Waals surface area contributed by atoms with Crippen LogP contribution in [0, 0.1) is 0 Å². The molecule has 0 aliphatic heterocycles. The Kier molecular flexibility index (Phi) is 6.79. The van der Waals surface area contributed by atoms with E-state index in [9.17, 15) is 0 Å². The van der Waals surface area contributed by atoms with Crippen LogP contribution >= 0.6 is 28.3 Å². The molecule has 0 unspecified atom stereocenters. The van der Waals surface area contributed by atoms with Crippen molar-refractivity contribution in [1.29, 1.82) is 0 Å². The normalized spacial score (nSPS) is 11.6. The minimum atomic E-state index is 0. The van der Waals surface area contributed by atoms with E-state index in [1.807, 2.05) is 24.3 Å². The molecule has 0 fully saturated rings. The lowest BCUT2D eigenvalue weighted by molar-refractivity contribution is 0.641. The number of nitrogens with zero attached hydrogens (tertiary/aromatic N) is 1. The summed E-state index contributed by atoms with van der Waals surface area (Å²) in [6, 6.07) is 5.79. The zero-order valence-corrected chi connectivity index (χ0v) is 10.2. The Morgan fingerprint density at radius 2 is 2.29 bits per heavy atom. The van der Waals surface area contributed by atoms with Gasteiger partial charge in [0.25, 0.3) is 0 Å². The molecule has 1 aromatic heterocycles. The Bertz CT molecular complexity index is 291. The van der Waals surface area contributed by atoms with E-state index in [4.69, 9.17) is 5.73 Å². The second-order valence-corrected chi connectivity index (χ2v) is 3.67. The van der Waals surface area contributed by atoms with E-state index in [2.05, 4.69) is 27.5 Å². The first-order chi connectivity index (χ1) is 6.24. The van der Waals surface area contributed by atoms with Crippen molar-refractivity contribution in [1.82, 2.24) is 4.98 Å². The molecule has 0 aromatic carbocycles. The summed E-state index contributed by atoms with van der Waals surface area (Å²) >= 11 is 3.31. The van der Waals surface area contributed by atoms with Crippen molar-refractivity contribution in [3.8, 4) is 0 Å². The molecule has 1 atom stereocenters. The number of allylic oxidation sites excluding steroid dienone is 1. The third-order valence-electron chi connectivity index (χ3n) is 1.80. The molecule has 0 spiro atoms. The average molecular weight is 278 g/mol. The Hall–Kier alpha value is -0.380. The summed E-state index contributed by atoms with van der Waals surface area (Å²) in [5.74, 6) is 0. The first kappa shape index (κ1) is 13.6. The Balaban J connectivity index is 0.00000169. The van der Waals surface area contributed by atoms with Crippen LogP contribution in [0.15, 0.2) is 35.5 Å². The predicted octanol–water partition coefficient (Wildman–Crippen LogP) is 3.23. The molecule has 0 aliphatic rings. The molecule has 0 radical (unpaired) electrons. The SMILES string of the molecule is C=CCC[C@@H](N)c1cccc(Br)n1.Cl. The minimum absolute atomic E-state index is 0. The van der Waals surface area contributed by atoms with E-state index in [1.54, 1.807) is 0 Å². The summed E-state index contributed by atoms with van der Waals surface area (Å²) in [5.41, 5.74) is 6.85. The van der Waals surface area contributed by atoms with Gasteiger partial charge in [0.15, 0.2) is 0 Å². The van der Waals surface area contributed by atoms with E-state index in [0.29, 0.717) is 0 Å². The van der Waals surface area contributed by atoms with Gasteiger partial charge < -0.3 is 5.73 Å². The molecule has 14 heavy (non-hydrogen) atoms. The number of nitrogens with two attached hydrogens (primary N) is 1. The summed E-state index contributed by atoms with van der Waals surface area (Å²) in [6.07, 6.45) is 3.69. The number of aromatic nitrogens is 1. The molecule has 2 N–H and O–H groups in total. The first-order valence-electron chi connectivity index (χ1n) is 4.23. The van der Waals surface area contributed by atoms with Crippen LogP contribution in [0.5, 0.6) is 0 Å². The maximum absolute atomic E-state index is 5.92. The average Bonchev–Trinajstić information content (AvgIpc) is 2.14. The molecule has 2 nitrogen and oxygen atoms in total. The van der Waals surface area contributed by atoms with Crippen LogP contribution in [0.25, 0.3) is 0 Å². The molecule has 0 saturated heterocycles. The number of rotatable bonds is 4. The van der Waals surface area contributed by atoms with Crippen LogP contribution in [0.3, 0.4) is 0 Å². The van der Waals surface area contributed by atoms with Gasteiger partial charge in [-0.05, 0) is 40.9 Å². The molecular formula is C10H14BrClN2. The largest absolute Gasteiger partial charge is 0.323 e. The van der Waals surface area contributed by atoms with E-state index in [1.165, 1.54) is 0 Å². The number of hydrogen-bond acceptors (Lipinski definition) is 2. The smallest absolute Gasteiger partial charge is 0.106 e. The van der Waals surface area contributed by atoms with Gasteiger partial charge in [-0.25, -0.2) is 4.98 Å². The van der Waals surface area contributed by atoms with Gasteiger partial charge in [0.05, 0.1) is 5.69 Å². The van der Waals surface area contributed by atoms with Crippen molar-refractivity contribution in [3.63, 3.8) is 0 Å². The monoisotopic (exact) mass is 276 g/mol. The number of hydrogen-bond donors (Lipinski definition) is 1. The van der Waals surface area contributed by atoms with Crippen LogP contribution in [-0.2, 0) is 0 Å². The van der Waals surface area contributed by atoms with Gasteiger partial charge in [-0.1, -0.05) is 12.1 Å². The third kappa shape index (κ3) is 4.22. The first-order valence-corrected chi connectivity index (χ1v) is 5.02. The Morgan fingerprint density at radius 1 is 1.57 bits per heavy atom. The fourth-order valence-electron chi connectivity index (χ4n) is 1.08. The fourth-order valence-corrected chi connectivity index (χ4v) is 1.43. The van der Waals surface area contributed by atoms with E-state index < -0.39 is 0 Å². The van der Waals surface area contributed by atoms with E-state index in [0.717, 1.165) is 23.1 Å². The van der Waals surface area contributed by atoms with Gasteiger partial charge in [0.1, 0.15) is 4.60 Å². The fraction of sp³-hybridized carbons (Fsp3) is 0.300. The summed E-state index contributed by atoms with van der Waals surface area (Å²) in [6.45, 7) is 3.66. The maximum atomic E-state index is 5.92. The highest BCUT2D eigenvalue weighted by Gasteiger charge is 2.05. The lowest BCUT2D eigenvalue weighted by Crippen LogP contribution is -2.11. The summed E-state index contributed by atoms with van der Waals surface area (Å²) < 4.78 is 0.832. The highest BCUT2D eigenvalue weighted by molar-refractivity contribution is 9.10. The second-order valence-electron chi connectivity index (χ2n) is 2.86. The molecule has 1 heterocycles. The van der Waals surface area contributed by atoms with Crippen LogP contribution in [0.1, 0.15) is 24.6 Å². The minimum Gasteiger partial charge on any atom is -0.323 e. The molecule has 0 amide bonds. The molecule has 1 rings (SSSR count). The molecular weight excluding hydrogens is 263 g/mol. The van der Waals surface area contributed by atoms with Gasteiger partial charge in [-0.15, -0.1) is 19.0 Å². The maximum Gasteiger partial charge on any atom is 0.106 e. The lowest BCUT2D eigenvalue weighted by atomic mass is 10.1. The highest BCUT2D eigenvalue weighted by atomic mass is 79.9. The molecule has 0 aliphatic carbocycles. The Labute approximate surface area is 99.1 Å². The van der Waals surface area contributed by atoms with Gasteiger partial charge in [-0.3, -0.25) is 0 Å². The van der Waals surface area contributed by atoms with Crippen molar-refractivity contribution in [2.75, 3.05) is 0 Å². The zero-order chi connectivity index (χ0) is 9.68. The van der Waals surface area contributed by atoms with Crippen molar-refractivity contribution in [2.24, 2.45) is 5.73 Å². The third-order valence-corrected chi connectivity index (χ3v) is 2.24. The van der Waals surface area contributed by atoms with Crippen LogP contribution in [0.4, 0.5) is 0 Å². The molecule has 78 valence electrons. The van der Waals surface area contributed by atoms with Gasteiger partial charge in [-0.2, -0.15) is 0 Å². The van der Waals surface area contributed by atoms with E-state index in [-0.39, 0.29) is 18.4 Å².